The van der Waals surface area contributed by atoms with Crippen LogP contribution in [0.25, 0.3) is 0 Å². The van der Waals surface area contributed by atoms with Crippen LogP contribution in [0.2, 0.25) is 0 Å². The van der Waals surface area contributed by atoms with E-state index < -0.39 is 17.9 Å². The fourth-order valence-corrected chi connectivity index (χ4v) is 3.27. The van der Waals surface area contributed by atoms with Gasteiger partial charge in [0, 0.05) is 5.92 Å². The first-order valence-electron chi connectivity index (χ1n) is 9.44. The molecule has 28 heavy (non-hydrogen) atoms. The molecular weight excluding hydrogens is 354 g/mol. The van der Waals surface area contributed by atoms with E-state index >= 15 is 0 Å². The standard InChI is InChI=1S/C23H25NO4/c1-3-18(19-9-5-4-6-10-19)14-17(15-24)13-16(2)23(27)28-21-12-8-7-11-20(21)22(25)26/h4-12,16-18H,3,13-14H2,1-2H3,(H,25,26). The van der Waals surface area contributed by atoms with Crippen molar-refractivity contribution in [2.24, 2.45) is 11.8 Å². The van der Waals surface area contributed by atoms with E-state index in [0.29, 0.717) is 12.8 Å². The summed E-state index contributed by atoms with van der Waals surface area (Å²) in [6.45, 7) is 3.80. The minimum absolute atomic E-state index is 0.0241. The van der Waals surface area contributed by atoms with E-state index in [1.165, 1.54) is 17.7 Å². The molecule has 0 aliphatic rings. The van der Waals surface area contributed by atoms with Crippen LogP contribution in [-0.4, -0.2) is 17.0 Å². The Hall–Kier alpha value is -3.13. The molecule has 0 saturated heterocycles. The van der Waals surface area contributed by atoms with Crippen molar-refractivity contribution in [1.29, 1.82) is 5.26 Å². The number of nitriles is 1. The van der Waals surface area contributed by atoms with Crippen LogP contribution >= 0.6 is 0 Å². The summed E-state index contributed by atoms with van der Waals surface area (Å²) >= 11 is 0. The van der Waals surface area contributed by atoms with Gasteiger partial charge in [-0.05, 0) is 42.9 Å². The monoisotopic (exact) mass is 379 g/mol. The van der Waals surface area contributed by atoms with Gasteiger partial charge in [0.05, 0.1) is 12.0 Å². The Morgan fingerprint density at radius 3 is 2.32 bits per heavy atom. The summed E-state index contributed by atoms with van der Waals surface area (Å²) < 4.78 is 5.30. The first kappa shape index (κ1) is 21.2. The molecule has 0 saturated carbocycles. The number of aromatic carboxylic acids is 1. The van der Waals surface area contributed by atoms with Gasteiger partial charge >= 0.3 is 11.9 Å². The van der Waals surface area contributed by atoms with Crippen molar-refractivity contribution in [3.8, 4) is 11.8 Å². The van der Waals surface area contributed by atoms with Gasteiger partial charge in [-0.3, -0.25) is 4.79 Å². The van der Waals surface area contributed by atoms with Crippen LogP contribution < -0.4 is 4.74 Å². The number of hydrogen-bond donors (Lipinski definition) is 1. The number of esters is 1. The lowest BCUT2D eigenvalue weighted by molar-refractivity contribution is -0.138. The molecule has 3 unspecified atom stereocenters. The fourth-order valence-electron chi connectivity index (χ4n) is 3.27. The number of nitrogens with zero attached hydrogens (tertiary/aromatic N) is 1. The Labute approximate surface area is 165 Å². The normalized spacial score (nSPS) is 13.8. The lowest BCUT2D eigenvalue weighted by atomic mass is 9.84. The quantitative estimate of drug-likeness (QED) is 0.487. The van der Waals surface area contributed by atoms with Crippen molar-refractivity contribution in [1.82, 2.24) is 0 Å². The molecule has 0 bridgehead atoms. The van der Waals surface area contributed by atoms with Gasteiger partial charge in [0.15, 0.2) is 0 Å². The highest BCUT2D eigenvalue weighted by molar-refractivity contribution is 5.92. The summed E-state index contributed by atoms with van der Waals surface area (Å²) in [5, 5.41) is 18.8. The number of benzene rings is 2. The van der Waals surface area contributed by atoms with Gasteiger partial charge in [0.1, 0.15) is 11.3 Å². The first-order valence-corrected chi connectivity index (χ1v) is 9.44. The second kappa shape index (κ2) is 10.3. The molecule has 0 aliphatic heterocycles. The smallest absolute Gasteiger partial charge is 0.339 e. The lowest BCUT2D eigenvalue weighted by Crippen LogP contribution is -2.22. The SMILES string of the molecule is CCC(CC(C#N)CC(C)C(=O)Oc1ccccc1C(=O)O)c1ccccc1. The van der Waals surface area contributed by atoms with E-state index in [-0.39, 0.29) is 23.1 Å². The Morgan fingerprint density at radius 1 is 1.07 bits per heavy atom. The van der Waals surface area contributed by atoms with Gasteiger partial charge < -0.3 is 9.84 Å². The second-order valence-corrected chi connectivity index (χ2v) is 6.94. The Morgan fingerprint density at radius 2 is 1.71 bits per heavy atom. The predicted octanol–water partition coefficient (Wildman–Crippen LogP) is 5.04. The number of ether oxygens (including phenoxy) is 1. The molecule has 146 valence electrons. The van der Waals surface area contributed by atoms with Crippen LogP contribution in [0.3, 0.4) is 0 Å². The minimum atomic E-state index is -1.15. The number of carboxylic acid groups (broad SMARTS) is 1. The van der Waals surface area contributed by atoms with Gasteiger partial charge in [-0.1, -0.05) is 56.3 Å². The highest BCUT2D eigenvalue weighted by atomic mass is 16.5. The highest BCUT2D eigenvalue weighted by Gasteiger charge is 2.24. The maximum absolute atomic E-state index is 12.4. The number of carboxylic acids is 1. The first-order chi connectivity index (χ1) is 13.5. The topological polar surface area (TPSA) is 87.4 Å². The molecule has 0 heterocycles. The summed E-state index contributed by atoms with van der Waals surface area (Å²) in [6.07, 6.45) is 1.95. The van der Waals surface area contributed by atoms with Crippen molar-refractivity contribution in [3.05, 3.63) is 65.7 Å². The van der Waals surface area contributed by atoms with E-state index in [9.17, 15) is 20.0 Å². The Bertz CT molecular complexity index is 841. The van der Waals surface area contributed by atoms with Gasteiger partial charge in [-0.25, -0.2) is 4.79 Å². The molecule has 0 radical (unpaired) electrons. The van der Waals surface area contributed by atoms with Gasteiger partial charge in [-0.15, -0.1) is 0 Å². The summed E-state index contributed by atoms with van der Waals surface area (Å²) in [5.74, 6) is -2.21. The van der Waals surface area contributed by atoms with Gasteiger partial charge in [0.2, 0.25) is 0 Å². The number of carbonyl (C=O) groups excluding carboxylic acids is 1. The van der Waals surface area contributed by atoms with Gasteiger partial charge in [0.25, 0.3) is 0 Å². The van der Waals surface area contributed by atoms with E-state index in [4.69, 9.17) is 4.74 Å². The molecule has 2 rings (SSSR count). The van der Waals surface area contributed by atoms with E-state index in [2.05, 4.69) is 25.1 Å². The van der Waals surface area contributed by atoms with Crippen molar-refractivity contribution < 1.29 is 19.4 Å². The highest BCUT2D eigenvalue weighted by Crippen LogP contribution is 2.30. The van der Waals surface area contributed by atoms with Crippen LogP contribution in [0.4, 0.5) is 0 Å². The molecular formula is C23H25NO4. The molecule has 0 fully saturated rings. The number of para-hydroxylation sites is 1. The van der Waals surface area contributed by atoms with Crippen LogP contribution in [-0.2, 0) is 4.79 Å². The largest absolute Gasteiger partial charge is 0.478 e. The Kier molecular flexibility index (Phi) is 7.76. The summed E-state index contributed by atoms with van der Waals surface area (Å²) in [6, 6.07) is 18.4. The van der Waals surface area contributed by atoms with Crippen LogP contribution in [0, 0.1) is 23.2 Å². The van der Waals surface area contributed by atoms with Crippen LogP contribution in [0.1, 0.15) is 54.9 Å². The zero-order valence-electron chi connectivity index (χ0n) is 16.2. The number of hydrogen-bond acceptors (Lipinski definition) is 4. The third kappa shape index (κ3) is 5.68. The summed E-state index contributed by atoms with van der Waals surface area (Å²) in [5.41, 5.74) is 1.13. The summed E-state index contributed by atoms with van der Waals surface area (Å²) in [4.78, 5) is 23.7. The average Bonchev–Trinajstić information content (AvgIpc) is 2.71. The van der Waals surface area contributed by atoms with E-state index in [1.54, 1.807) is 19.1 Å². The maximum Gasteiger partial charge on any atom is 0.339 e. The molecule has 0 spiro atoms. The molecule has 2 aromatic carbocycles. The Balaban J connectivity index is 2.01. The minimum Gasteiger partial charge on any atom is -0.478 e. The molecule has 2 aromatic rings. The second-order valence-electron chi connectivity index (χ2n) is 6.94. The molecule has 0 amide bonds. The van der Waals surface area contributed by atoms with E-state index in [1.807, 2.05) is 18.2 Å². The molecule has 5 heteroatoms. The van der Waals surface area contributed by atoms with Gasteiger partial charge in [-0.2, -0.15) is 5.26 Å². The van der Waals surface area contributed by atoms with Crippen molar-refractivity contribution in [2.45, 2.75) is 39.0 Å². The van der Waals surface area contributed by atoms with Crippen LogP contribution in [0.15, 0.2) is 54.6 Å². The van der Waals surface area contributed by atoms with Crippen molar-refractivity contribution >= 4 is 11.9 Å². The summed E-state index contributed by atoms with van der Waals surface area (Å²) in [7, 11) is 0. The van der Waals surface area contributed by atoms with Crippen molar-refractivity contribution in [2.75, 3.05) is 0 Å². The zero-order chi connectivity index (χ0) is 20.5. The zero-order valence-corrected chi connectivity index (χ0v) is 16.2. The molecule has 1 N–H and O–H groups in total. The predicted molar refractivity (Wildman–Crippen MR) is 106 cm³/mol. The third-order valence-corrected chi connectivity index (χ3v) is 4.88. The lowest BCUT2D eigenvalue weighted by Gasteiger charge is -2.20. The average molecular weight is 379 g/mol. The fraction of sp³-hybridized carbons (Fsp3) is 0.348. The number of carbonyl (C=O) groups is 2. The number of rotatable bonds is 9. The van der Waals surface area contributed by atoms with Crippen molar-refractivity contribution in [3.63, 3.8) is 0 Å². The maximum atomic E-state index is 12.4. The molecule has 0 aliphatic carbocycles. The molecule has 3 atom stereocenters. The van der Waals surface area contributed by atoms with Crippen LogP contribution in [0.5, 0.6) is 5.75 Å². The molecule has 5 nitrogen and oxygen atoms in total. The molecule has 0 aromatic heterocycles. The van der Waals surface area contributed by atoms with E-state index in [0.717, 1.165) is 6.42 Å². The third-order valence-electron chi connectivity index (χ3n) is 4.88.